The Hall–Kier alpha value is -2.55. The summed E-state index contributed by atoms with van der Waals surface area (Å²) in [7, 11) is -4.21. The Morgan fingerprint density at radius 2 is 1.45 bits per heavy atom. The van der Waals surface area contributed by atoms with Crippen molar-refractivity contribution in [3.63, 3.8) is 0 Å². The Kier molecular flexibility index (Phi) is 7.59. The van der Waals surface area contributed by atoms with E-state index in [-0.39, 0.29) is 10.6 Å². The van der Waals surface area contributed by atoms with E-state index >= 15 is 0 Å². The van der Waals surface area contributed by atoms with Crippen molar-refractivity contribution in [2.24, 2.45) is 0 Å². The van der Waals surface area contributed by atoms with Crippen LogP contribution in [0.25, 0.3) is 0 Å². The van der Waals surface area contributed by atoms with E-state index in [1.54, 1.807) is 36.4 Å². The third-order valence-corrected chi connectivity index (χ3v) is 6.68. The molecule has 0 saturated carbocycles. The summed E-state index contributed by atoms with van der Waals surface area (Å²) in [6, 6.07) is 18.7. The Balaban J connectivity index is 1.93. The molecule has 0 fully saturated rings. The molecule has 0 unspecified atom stereocenters. The van der Waals surface area contributed by atoms with Crippen molar-refractivity contribution in [2.45, 2.75) is 11.8 Å². The molecular weight excluding hydrogens is 506 g/mol. The third kappa shape index (κ3) is 5.78. The zero-order valence-corrected chi connectivity index (χ0v) is 19.7. The molecule has 0 radical (unpaired) electrons. The van der Waals surface area contributed by atoms with Crippen LogP contribution in [-0.2, 0) is 14.8 Å². The van der Waals surface area contributed by atoms with Crippen molar-refractivity contribution < 1.29 is 22.7 Å². The molecule has 162 valence electrons. The van der Waals surface area contributed by atoms with Gasteiger partial charge in [-0.1, -0.05) is 27.5 Å². The van der Waals surface area contributed by atoms with E-state index in [2.05, 4.69) is 15.9 Å². The van der Waals surface area contributed by atoms with Gasteiger partial charge in [-0.15, -0.1) is 0 Å². The monoisotopic (exact) mass is 523 g/mol. The van der Waals surface area contributed by atoms with Gasteiger partial charge in [0.25, 0.3) is 15.9 Å². The number of carbonyl (C=O) groups is 1. The summed E-state index contributed by atoms with van der Waals surface area (Å²) in [6.07, 6.45) is 0. The molecule has 0 aliphatic heterocycles. The number of carbonyl (C=O) groups excluding carboxylic acids is 1. The third-order valence-electron chi connectivity index (χ3n) is 4.14. The Bertz CT molecular complexity index is 1130. The van der Waals surface area contributed by atoms with E-state index in [4.69, 9.17) is 21.1 Å². The van der Waals surface area contributed by atoms with E-state index in [0.717, 1.165) is 8.78 Å². The second-order valence-electron chi connectivity index (χ2n) is 6.29. The molecule has 3 rings (SSSR count). The molecule has 0 saturated heterocycles. The number of amides is 1. The molecule has 6 nitrogen and oxygen atoms in total. The molecule has 0 spiro atoms. The van der Waals surface area contributed by atoms with E-state index in [1.807, 2.05) is 6.92 Å². The largest absolute Gasteiger partial charge is 0.494 e. The van der Waals surface area contributed by atoms with Crippen molar-refractivity contribution in [3.8, 4) is 11.5 Å². The molecule has 0 heterocycles. The lowest BCUT2D eigenvalue weighted by Gasteiger charge is -2.23. The fraction of sp³-hybridized carbons (Fsp3) is 0.136. The number of hydrogen-bond acceptors (Lipinski definition) is 5. The number of benzene rings is 3. The maximum atomic E-state index is 13.3. The van der Waals surface area contributed by atoms with Gasteiger partial charge in [0.1, 0.15) is 11.5 Å². The molecule has 0 aliphatic carbocycles. The smallest absolute Gasteiger partial charge is 0.278 e. The Morgan fingerprint density at radius 3 is 2.03 bits per heavy atom. The van der Waals surface area contributed by atoms with Crippen LogP contribution in [0.5, 0.6) is 11.5 Å². The minimum atomic E-state index is -4.21. The zero-order valence-electron chi connectivity index (χ0n) is 16.5. The van der Waals surface area contributed by atoms with Gasteiger partial charge in [-0.3, -0.25) is 4.79 Å². The number of rotatable bonds is 8. The fourth-order valence-electron chi connectivity index (χ4n) is 2.71. The predicted octanol–water partition coefficient (Wildman–Crippen LogP) is 5.30. The lowest BCUT2D eigenvalue weighted by atomic mass is 10.3. The van der Waals surface area contributed by atoms with Gasteiger partial charge in [0, 0.05) is 9.50 Å². The molecule has 0 aliphatic rings. The van der Waals surface area contributed by atoms with Gasteiger partial charge in [-0.25, -0.2) is 8.42 Å². The lowest BCUT2D eigenvalue weighted by Crippen LogP contribution is -2.40. The summed E-state index contributed by atoms with van der Waals surface area (Å²) in [6.45, 7) is 1.84. The minimum absolute atomic E-state index is 0.0669. The lowest BCUT2D eigenvalue weighted by molar-refractivity contribution is -0.119. The van der Waals surface area contributed by atoms with Crippen LogP contribution in [0.4, 0.5) is 5.69 Å². The second kappa shape index (κ2) is 10.2. The second-order valence-corrected chi connectivity index (χ2v) is 9.43. The molecule has 0 aromatic heterocycles. The average Bonchev–Trinajstić information content (AvgIpc) is 2.75. The highest BCUT2D eigenvalue weighted by atomic mass is 79.9. The summed E-state index contributed by atoms with van der Waals surface area (Å²) in [4.78, 5) is 13.0. The van der Waals surface area contributed by atoms with Crippen LogP contribution in [0.2, 0.25) is 5.02 Å². The molecule has 9 heteroatoms. The standard InChI is InChI=1S/C22H19BrClNO5S/c1-2-29-19-11-7-18(8-12-19)25(31(27,28)21-13-5-17(24)6-14-21)22(26)15-30-20-9-3-16(23)4-10-20/h3-14H,2,15H2,1H3. The summed E-state index contributed by atoms with van der Waals surface area (Å²) in [5.41, 5.74) is 0.169. The van der Waals surface area contributed by atoms with Gasteiger partial charge in [0.2, 0.25) is 0 Å². The van der Waals surface area contributed by atoms with Gasteiger partial charge in [-0.2, -0.15) is 4.31 Å². The predicted molar refractivity (Wildman–Crippen MR) is 123 cm³/mol. The first-order valence-corrected chi connectivity index (χ1v) is 11.9. The first-order chi connectivity index (χ1) is 14.8. The van der Waals surface area contributed by atoms with Gasteiger partial charge in [-0.05, 0) is 79.7 Å². The van der Waals surface area contributed by atoms with Crippen LogP contribution >= 0.6 is 27.5 Å². The molecule has 0 bridgehead atoms. The van der Waals surface area contributed by atoms with Crippen LogP contribution in [0, 0.1) is 0 Å². The van der Waals surface area contributed by atoms with Gasteiger partial charge in [0.15, 0.2) is 6.61 Å². The summed E-state index contributed by atoms with van der Waals surface area (Å²) in [5, 5.41) is 0.386. The maximum absolute atomic E-state index is 13.3. The molecule has 31 heavy (non-hydrogen) atoms. The van der Waals surface area contributed by atoms with Crippen LogP contribution in [0.1, 0.15) is 6.92 Å². The Labute approximate surface area is 194 Å². The molecular formula is C22H19BrClNO5S. The van der Waals surface area contributed by atoms with Crippen molar-refractivity contribution in [3.05, 3.63) is 82.3 Å². The number of hydrogen-bond donors (Lipinski definition) is 0. The molecule has 1 amide bonds. The van der Waals surface area contributed by atoms with E-state index in [9.17, 15) is 13.2 Å². The van der Waals surface area contributed by atoms with Crippen LogP contribution in [-0.4, -0.2) is 27.5 Å². The van der Waals surface area contributed by atoms with E-state index < -0.39 is 22.5 Å². The highest BCUT2D eigenvalue weighted by Gasteiger charge is 2.31. The highest BCUT2D eigenvalue weighted by Crippen LogP contribution is 2.27. The molecule has 3 aromatic rings. The van der Waals surface area contributed by atoms with Crippen molar-refractivity contribution in [2.75, 3.05) is 17.5 Å². The SMILES string of the molecule is CCOc1ccc(N(C(=O)COc2ccc(Br)cc2)S(=O)(=O)c2ccc(Cl)cc2)cc1. The first kappa shape index (κ1) is 23.1. The van der Waals surface area contributed by atoms with Gasteiger partial charge < -0.3 is 9.47 Å². The normalized spacial score (nSPS) is 11.1. The highest BCUT2D eigenvalue weighted by molar-refractivity contribution is 9.10. The van der Waals surface area contributed by atoms with Crippen molar-refractivity contribution >= 4 is 49.1 Å². The minimum Gasteiger partial charge on any atom is -0.494 e. The quantitative estimate of drug-likeness (QED) is 0.400. The number of sulfonamides is 1. The van der Waals surface area contributed by atoms with E-state index in [1.165, 1.54) is 36.4 Å². The van der Waals surface area contributed by atoms with Crippen LogP contribution in [0.3, 0.4) is 0 Å². The Morgan fingerprint density at radius 1 is 0.903 bits per heavy atom. The van der Waals surface area contributed by atoms with Crippen molar-refractivity contribution in [1.82, 2.24) is 0 Å². The zero-order chi connectivity index (χ0) is 22.4. The number of anilines is 1. The summed E-state index contributed by atoms with van der Waals surface area (Å²) in [5.74, 6) is 0.253. The first-order valence-electron chi connectivity index (χ1n) is 9.26. The topological polar surface area (TPSA) is 72.9 Å². The van der Waals surface area contributed by atoms with E-state index in [0.29, 0.717) is 23.1 Å². The van der Waals surface area contributed by atoms with Gasteiger partial charge in [0.05, 0.1) is 17.2 Å². The number of nitrogens with zero attached hydrogens (tertiary/aromatic N) is 1. The summed E-state index contributed by atoms with van der Waals surface area (Å²) < 4.78 is 39.1. The molecule has 0 atom stereocenters. The maximum Gasteiger partial charge on any atom is 0.278 e. The van der Waals surface area contributed by atoms with Crippen LogP contribution in [0.15, 0.2) is 82.2 Å². The summed E-state index contributed by atoms with van der Waals surface area (Å²) >= 11 is 9.21. The average molecular weight is 525 g/mol. The van der Waals surface area contributed by atoms with Crippen LogP contribution < -0.4 is 13.8 Å². The number of ether oxygens (including phenoxy) is 2. The molecule has 0 N–H and O–H groups in total. The van der Waals surface area contributed by atoms with Gasteiger partial charge >= 0.3 is 0 Å². The molecule has 3 aromatic carbocycles. The number of halogens is 2. The fourth-order valence-corrected chi connectivity index (χ4v) is 4.51. The van der Waals surface area contributed by atoms with Crippen molar-refractivity contribution in [1.29, 1.82) is 0 Å².